The number of hydrogen-bond acceptors (Lipinski definition) is 7. The van der Waals surface area contributed by atoms with Crippen LogP contribution >= 0.6 is 11.3 Å². The Hall–Kier alpha value is -2.27. The molecule has 0 aliphatic rings. The Kier molecular flexibility index (Phi) is 4.04. The van der Waals surface area contributed by atoms with E-state index in [-0.39, 0.29) is 20.8 Å². The van der Waals surface area contributed by atoms with Crippen molar-refractivity contribution in [2.45, 2.75) is 11.3 Å². The molecule has 0 radical (unpaired) electrons. The highest BCUT2D eigenvalue weighted by Gasteiger charge is 2.21. The van der Waals surface area contributed by atoms with Crippen LogP contribution in [0.1, 0.15) is 6.92 Å². The van der Waals surface area contributed by atoms with Crippen LogP contribution in [0, 0.1) is 5.82 Å². The smallest absolute Gasteiger partial charge is 0.291 e. The molecule has 21 heavy (non-hydrogen) atoms. The first-order chi connectivity index (χ1) is 9.76. The lowest BCUT2D eigenvalue weighted by Gasteiger charge is -2.06. The second kappa shape index (κ2) is 5.61. The van der Waals surface area contributed by atoms with Crippen molar-refractivity contribution in [3.63, 3.8) is 0 Å². The SMILES string of the molecule is CC(=O)Nc1nnc(S(=O)(=O)Nc2cc(N)cc(F)c2)s1. The van der Waals surface area contributed by atoms with Crippen molar-refractivity contribution < 1.29 is 17.6 Å². The number of carbonyl (C=O) groups excluding carboxylic acids is 1. The van der Waals surface area contributed by atoms with Gasteiger partial charge in [0.1, 0.15) is 5.82 Å². The van der Waals surface area contributed by atoms with Crippen LogP contribution < -0.4 is 15.8 Å². The van der Waals surface area contributed by atoms with Crippen molar-refractivity contribution in [2.75, 3.05) is 15.8 Å². The third-order valence-corrected chi connectivity index (χ3v) is 4.68. The van der Waals surface area contributed by atoms with Crippen LogP contribution in [0.15, 0.2) is 22.5 Å². The molecule has 0 saturated carbocycles. The van der Waals surface area contributed by atoms with E-state index in [1.165, 1.54) is 13.0 Å². The number of anilines is 3. The Morgan fingerprint density at radius 3 is 2.67 bits per heavy atom. The summed E-state index contributed by atoms with van der Waals surface area (Å²) in [6, 6.07) is 3.29. The van der Waals surface area contributed by atoms with Gasteiger partial charge in [0.05, 0.1) is 5.69 Å². The minimum atomic E-state index is -4.04. The summed E-state index contributed by atoms with van der Waals surface area (Å²) in [6.45, 7) is 1.25. The summed E-state index contributed by atoms with van der Waals surface area (Å²) in [4.78, 5) is 10.8. The molecule has 0 fully saturated rings. The van der Waals surface area contributed by atoms with Gasteiger partial charge in [-0.3, -0.25) is 9.52 Å². The number of nitrogens with one attached hydrogen (secondary N) is 2. The zero-order valence-electron chi connectivity index (χ0n) is 10.6. The molecule has 112 valence electrons. The zero-order valence-corrected chi connectivity index (χ0v) is 12.3. The van der Waals surface area contributed by atoms with Crippen molar-refractivity contribution in [2.24, 2.45) is 0 Å². The number of amides is 1. The Labute approximate surface area is 123 Å². The van der Waals surface area contributed by atoms with Crippen molar-refractivity contribution in [1.29, 1.82) is 0 Å². The van der Waals surface area contributed by atoms with Gasteiger partial charge in [0.25, 0.3) is 14.4 Å². The number of nitrogens with zero attached hydrogens (tertiary/aromatic N) is 2. The lowest BCUT2D eigenvalue weighted by Crippen LogP contribution is -2.13. The fourth-order valence-corrected chi connectivity index (χ4v) is 3.38. The van der Waals surface area contributed by atoms with Crippen LogP contribution in [0.25, 0.3) is 0 Å². The predicted octanol–water partition coefficient (Wildman–Crippen LogP) is 1.02. The summed E-state index contributed by atoms with van der Waals surface area (Å²) < 4.78 is 39.0. The van der Waals surface area contributed by atoms with Crippen molar-refractivity contribution >= 4 is 43.8 Å². The first-order valence-electron chi connectivity index (χ1n) is 5.46. The molecule has 11 heteroatoms. The number of hydrogen-bond donors (Lipinski definition) is 3. The Morgan fingerprint density at radius 1 is 1.33 bits per heavy atom. The largest absolute Gasteiger partial charge is 0.399 e. The fourth-order valence-electron chi connectivity index (χ4n) is 1.39. The van der Waals surface area contributed by atoms with Crippen LogP contribution in [0.2, 0.25) is 0 Å². The molecule has 8 nitrogen and oxygen atoms in total. The zero-order chi connectivity index (χ0) is 15.6. The first kappa shape index (κ1) is 15.1. The highest BCUT2D eigenvalue weighted by Crippen LogP contribution is 2.23. The van der Waals surface area contributed by atoms with Gasteiger partial charge in [0.2, 0.25) is 11.0 Å². The summed E-state index contributed by atoms with van der Waals surface area (Å²) in [5.41, 5.74) is 5.46. The number of nitrogens with two attached hydrogens (primary N) is 1. The molecule has 0 aliphatic heterocycles. The minimum Gasteiger partial charge on any atom is -0.399 e. The molecule has 1 amide bonds. The maximum absolute atomic E-state index is 13.2. The average molecular weight is 331 g/mol. The van der Waals surface area contributed by atoms with E-state index in [0.29, 0.717) is 11.3 Å². The van der Waals surface area contributed by atoms with E-state index in [0.717, 1.165) is 12.1 Å². The van der Waals surface area contributed by atoms with Crippen LogP contribution in [-0.2, 0) is 14.8 Å². The van der Waals surface area contributed by atoms with Crippen LogP contribution in [0.3, 0.4) is 0 Å². The standard InChI is InChI=1S/C10H10FN5O3S2/c1-5(17)13-9-14-15-10(20-9)21(18,19)16-8-3-6(11)2-7(12)4-8/h2-4,16H,12H2,1H3,(H,13,14,17). The van der Waals surface area contributed by atoms with Gasteiger partial charge in [-0.05, 0) is 18.2 Å². The second-order valence-corrected chi connectivity index (χ2v) is 6.77. The monoisotopic (exact) mass is 331 g/mol. The molecule has 1 aromatic heterocycles. The van der Waals surface area contributed by atoms with Gasteiger partial charge < -0.3 is 11.1 Å². The predicted molar refractivity (Wildman–Crippen MR) is 75.8 cm³/mol. The lowest BCUT2D eigenvalue weighted by atomic mass is 10.3. The molecule has 0 spiro atoms. The Morgan fingerprint density at radius 2 is 2.05 bits per heavy atom. The summed E-state index contributed by atoms with van der Waals surface area (Å²) >= 11 is 0.666. The molecule has 0 unspecified atom stereocenters. The highest BCUT2D eigenvalue weighted by molar-refractivity contribution is 7.94. The topological polar surface area (TPSA) is 127 Å². The van der Waals surface area contributed by atoms with E-state index in [1.54, 1.807) is 0 Å². The summed E-state index contributed by atoms with van der Waals surface area (Å²) in [7, 11) is -4.04. The van der Waals surface area contributed by atoms with Gasteiger partial charge in [0, 0.05) is 12.6 Å². The van der Waals surface area contributed by atoms with E-state index in [4.69, 9.17) is 5.73 Å². The molecule has 0 bridgehead atoms. The van der Waals surface area contributed by atoms with Crippen molar-refractivity contribution in [1.82, 2.24) is 10.2 Å². The fraction of sp³-hybridized carbons (Fsp3) is 0.100. The van der Waals surface area contributed by atoms with Gasteiger partial charge >= 0.3 is 0 Å². The number of sulfonamides is 1. The Bertz CT molecular complexity index is 769. The number of benzene rings is 1. The molecule has 0 saturated heterocycles. The number of halogens is 1. The number of carbonyl (C=O) groups is 1. The van der Waals surface area contributed by atoms with E-state index in [9.17, 15) is 17.6 Å². The quantitative estimate of drug-likeness (QED) is 0.567. The maximum atomic E-state index is 13.2. The van der Waals surface area contributed by atoms with E-state index >= 15 is 0 Å². The molecular formula is C10H10FN5O3S2. The van der Waals surface area contributed by atoms with Crippen LogP contribution in [0.4, 0.5) is 20.9 Å². The number of aromatic nitrogens is 2. The number of nitrogen functional groups attached to an aromatic ring is 1. The Balaban J connectivity index is 2.25. The molecule has 1 aromatic carbocycles. The minimum absolute atomic E-state index is 0.0382. The second-order valence-electron chi connectivity index (χ2n) is 3.93. The molecule has 1 heterocycles. The molecule has 2 aromatic rings. The molecular weight excluding hydrogens is 321 g/mol. The van der Waals surface area contributed by atoms with Crippen LogP contribution in [-0.4, -0.2) is 24.5 Å². The molecule has 2 rings (SSSR count). The van der Waals surface area contributed by atoms with Crippen molar-refractivity contribution in [3.8, 4) is 0 Å². The van der Waals surface area contributed by atoms with Gasteiger partial charge in [-0.2, -0.15) is 8.42 Å². The summed E-state index contributed by atoms with van der Waals surface area (Å²) in [6.07, 6.45) is 0. The summed E-state index contributed by atoms with van der Waals surface area (Å²) in [5.74, 6) is -1.08. The van der Waals surface area contributed by atoms with E-state index in [2.05, 4.69) is 20.2 Å². The van der Waals surface area contributed by atoms with Crippen molar-refractivity contribution in [3.05, 3.63) is 24.0 Å². The van der Waals surface area contributed by atoms with Gasteiger partial charge in [-0.15, -0.1) is 10.2 Å². The molecule has 4 N–H and O–H groups in total. The first-order valence-corrected chi connectivity index (χ1v) is 7.76. The lowest BCUT2D eigenvalue weighted by molar-refractivity contribution is -0.114. The number of rotatable bonds is 4. The summed E-state index contributed by atoms with van der Waals surface area (Å²) in [5, 5.41) is 9.33. The molecule has 0 aliphatic carbocycles. The maximum Gasteiger partial charge on any atom is 0.291 e. The highest BCUT2D eigenvalue weighted by atomic mass is 32.2. The average Bonchev–Trinajstić information content (AvgIpc) is 2.74. The van der Waals surface area contributed by atoms with Crippen LogP contribution in [0.5, 0.6) is 0 Å². The van der Waals surface area contributed by atoms with Gasteiger partial charge in [0.15, 0.2) is 0 Å². The third kappa shape index (κ3) is 3.86. The molecule has 0 atom stereocenters. The normalized spacial score (nSPS) is 11.1. The third-order valence-electron chi connectivity index (χ3n) is 2.09. The van der Waals surface area contributed by atoms with Gasteiger partial charge in [-0.1, -0.05) is 11.3 Å². The van der Waals surface area contributed by atoms with E-state index in [1.807, 2.05) is 0 Å². The van der Waals surface area contributed by atoms with E-state index < -0.39 is 21.7 Å². The van der Waals surface area contributed by atoms with Gasteiger partial charge in [-0.25, -0.2) is 4.39 Å².